The van der Waals surface area contributed by atoms with Gasteiger partial charge in [-0.3, -0.25) is 9.48 Å². The second-order valence-electron chi connectivity index (χ2n) is 6.29. The second kappa shape index (κ2) is 5.74. The Kier molecular flexibility index (Phi) is 3.55. The van der Waals surface area contributed by atoms with Crippen LogP contribution in [0.4, 0.5) is 4.39 Å². The summed E-state index contributed by atoms with van der Waals surface area (Å²) in [5.41, 5.74) is 2.46. The molecule has 1 aliphatic rings. The third-order valence-corrected chi connectivity index (χ3v) is 4.52. The zero-order valence-corrected chi connectivity index (χ0v) is 13.4. The molecule has 7 heteroatoms. The number of H-pyrrole nitrogens is 1. The number of amides is 1. The van der Waals surface area contributed by atoms with Gasteiger partial charge in [-0.2, -0.15) is 5.10 Å². The average molecular weight is 327 g/mol. The zero-order chi connectivity index (χ0) is 16.7. The van der Waals surface area contributed by atoms with Gasteiger partial charge in [-0.1, -0.05) is 0 Å². The monoisotopic (exact) mass is 327 g/mol. The van der Waals surface area contributed by atoms with E-state index in [1.54, 1.807) is 6.20 Å². The Bertz CT molecular complexity index is 899. The number of carbonyl (C=O) groups excluding carboxylic acids is 1. The van der Waals surface area contributed by atoms with Gasteiger partial charge in [0.15, 0.2) is 0 Å². The standard InChI is InChI=1S/C17H18FN5O/c1-11-7-21-22(8-11)9-13-3-2-4-23(13)17(24)14-5-12(18)6-15-16(14)20-10-19-15/h5-8,10,13H,2-4,9H2,1H3,(H,19,20)/t13-/m0/s1. The van der Waals surface area contributed by atoms with Crippen molar-refractivity contribution in [3.8, 4) is 0 Å². The van der Waals surface area contributed by atoms with E-state index in [0.29, 0.717) is 29.7 Å². The Morgan fingerprint density at radius 3 is 3.12 bits per heavy atom. The Labute approximate surface area is 138 Å². The molecule has 1 fully saturated rings. The first-order valence-electron chi connectivity index (χ1n) is 8.04. The Morgan fingerprint density at radius 1 is 1.46 bits per heavy atom. The number of halogens is 1. The van der Waals surface area contributed by atoms with E-state index in [4.69, 9.17) is 0 Å². The van der Waals surface area contributed by atoms with E-state index in [9.17, 15) is 9.18 Å². The molecule has 3 heterocycles. The van der Waals surface area contributed by atoms with Crippen LogP contribution in [0.5, 0.6) is 0 Å². The summed E-state index contributed by atoms with van der Waals surface area (Å²) in [6.45, 7) is 3.31. The SMILES string of the molecule is Cc1cnn(C[C@@H]2CCCN2C(=O)c2cc(F)cc3[nH]cnc23)c1. The van der Waals surface area contributed by atoms with Gasteiger partial charge in [0.1, 0.15) is 11.3 Å². The van der Waals surface area contributed by atoms with E-state index in [-0.39, 0.29) is 11.9 Å². The molecule has 4 rings (SSSR count). The third kappa shape index (κ3) is 2.55. The van der Waals surface area contributed by atoms with Crippen LogP contribution in [0.1, 0.15) is 28.8 Å². The molecule has 3 aromatic rings. The highest BCUT2D eigenvalue weighted by molar-refractivity contribution is 6.05. The first-order valence-corrected chi connectivity index (χ1v) is 8.04. The molecule has 1 atom stereocenters. The van der Waals surface area contributed by atoms with E-state index < -0.39 is 5.82 Å². The fourth-order valence-electron chi connectivity index (χ4n) is 3.41. The molecule has 0 aliphatic carbocycles. The first kappa shape index (κ1) is 14.9. The van der Waals surface area contributed by atoms with Gasteiger partial charge in [-0.25, -0.2) is 9.37 Å². The lowest BCUT2D eigenvalue weighted by molar-refractivity contribution is 0.0723. The van der Waals surface area contributed by atoms with Gasteiger partial charge in [0.05, 0.1) is 36.2 Å². The Balaban J connectivity index is 1.63. The molecule has 0 spiro atoms. The number of aromatic amines is 1. The molecule has 1 N–H and O–H groups in total. The summed E-state index contributed by atoms with van der Waals surface area (Å²) in [6, 6.07) is 2.69. The summed E-state index contributed by atoms with van der Waals surface area (Å²) in [6.07, 6.45) is 7.12. The molecular weight excluding hydrogens is 309 g/mol. The summed E-state index contributed by atoms with van der Waals surface area (Å²) < 4.78 is 15.7. The number of aryl methyl sites for hydroxylation is 1. The average Bonchev–Trinajstić information content (AvgIpc) is 3.27. The molecular formula is C17H18FN5O. The van der Waals surface area contributed by atoms with E-state index in [1.165, 1.54) is 18.5 Å². The second-order valence-corrected chi connectivity index (χ2v) is 6.29. The number of benzene rings is 1. The van der Waals surface area contributed by atoms with Crippen molar-refractivity contribution < 1.29 is 9.18 Å². The zero-order valence-electron chi connectivity index (χ0n) is 13.4. The lowest BCUT2D eigenvalue weighted by Crippen LogP contribution is -2.38. The minimum atomic E-state index is -0.437. The van der Waals surface area contributed by atoms with Gasteiger partial charge in [0.25, 0.3) is 5.91 Å². The van der Waals surface area contributed by atoms with Crippen LogP contribution in [-0.4, -0.2) is 43.1 Å². The van der Waals surface area contributed by atoms with E-state index in [2.05, 4.69) is 15.1 Å². The van der Waals surface area contributed by atoms with Crippen molar-refractivity contribution in [3.63, 3.8) is 0 Å². The molecule has 1 aromatic carbocycles. The van der Waals surface area contributed by atoms with Crippen LogP contribution in [-0.2, 0) is 6.54 Å². The number of nitrogens with one attached hydrogen (secondary N) is 1. The van der Waals surface area contributed by atoms with Crippen LogP contribution in [0.15, 0.2) is 30.9 Å². The molecule has 0 unspecified atom stereocenters. The van der Waals surface area contributed by atoms with Crippen molar-refractivity contribution in [1.29, 1.82) is 0 Å². The van der Waals surface area contributed by atoms with Gasteiger partial charge in [-0.05, 0) is 37.5 Å². The number of nitrogens with zero attached hydrogens (tertiary/aromatic N) is 4. The van der Waals surface area contributed by atoms with Crippen molar-refractivity contribution in [2.45, 2.75) is 32.4 Å². The number of imidazole rings is 1. The quantitative estimate of drug-likeness (QED) is 0.804. The molecule has 0 bridgehead atoms. The van der Waals surface area contributed by atoms with Crippen molar-refractivity contribution in [3.05, 3.63) is 47.8 Å². The van der Waals surface area contributed by atoms with Gasteiger partial charge in [0.2, 0.25) is 0 Å². The van der Waals surface area contributed by atoms with Crippen LogP contribution in [0.25, 0.3) is 11.0 Å². The topological polar surface area (TPSA) is 66.8 Å². The molecule has 124 valence electrons. The highest BCUT2D eigenvalue weighted by Gasteiger charge is 2.31. The fraction of sp³-hybridized carbons (Fsp3) is 0.353. The molecule has 1 amide bonds. The minimum absolute atomic E-state index is 0.0639. The van der Waals surface area contributed by atoms with Crippen molar-refractivity contribution >= 4 is 16.9 Å². The smallest absolute Gasteiger partial charge is 0.256 e. The van der Waals surface area contributed by atoms with E-state index in [1.807, 2.05) is 22.7 Å². The van der Waals surface area contributed by atoms with E-state index in [0.717, 1.165) is 18.4 Å². The highest BCUT2D eigenvalue weighted by atomic mass is 19.1. The lowest BCUT2D eigenvalue weighted by atomic mass is 10.1. The van der Waals surface area contributed by atoms with Crippen LogP contribution in [0.3, 0.4) is 0 Å². The third-order valence-electron chi connectivity index (χ3n) is 4.52. The number of rotatable bonds is 3. The maximum Gasteiger partial charge on any atom is 0.256 e. The summed E-state index contributed by atoms with van der Waals surface area (Å²) in [5, 5.41) is 4.30. The summed E-state index contributed by atoms with van der Waals surface area (Å²) >= 11 is 0. The number of likely N-dealkylation sites (tertiary alicyclic amines) is 1. The Hall–Kier alpha value is -2.70. The van der Waals surface area contributed by atoms with Crippen LogP contribution >= 0.6 is 0 Å². The molecule has 6 nitrogen and oxygen atoms in total. The van der Waals surface area contributed by atoms with Gasteiger partial charge in [-0.15, -0.1) is 0 Å². The predicted molar refractivity (Wildman–Crippen MR) is 87.1 cm³/mol. The number of carbonyl (C=O) groups is 1. The molecule has 24 heavy (non-hydrogen) atoms. The molecule has 1 saturated heterocycles. The molecule has 0 radical (unpaired) electrons. The van der Waals surface area contributed by atoms with Crippen LogP contribution in [0.2, 0.25) is 0 Å². The number of hydrogen-bond acceptors (Lipinski definition) is 3. The number of aromatic nitrogens is 4. The lowest BCUT2D eigenvalue weighted by Gasteiger charge is -2.25. The molecule has 1 aliphatic heterocycles. The summed E-state index contributed by atoms with van der Waals surface area (Å²) in [5.74, 6) is -0.605. The van der Waals surface area contributed by atoms with Crippen molar-refractivity contribution in [1.82, 2.24) is 24.6 Å². The number of fused-ring (bicyclic) bond motifs is 1. The van der Waals surface area contributed by atoms with E-state index >= 15 is 0 Å². The first-order chi connectivity index (χ1) is 11.6. The summed E-state index contributed by atoms with van der Waals surface area (Å²) in [4.78, 5) is 21.9. The van der Waals surface area contributed by atoms with Gasteiger partial charge in [0, 0.05) is 12.7 Å². The van der Waals surface area contributed by atoms with Crippen molar-refractivity contribution in [2.75, 3.05) is 6.54 Å². The maximum atomic E-state index is 13.8. The van der Waals surface area contributed by atoms with Crippen LogP contribution in [0, 0.1) is 12.7 Å². The Morgan fingerprint density at radius 2 is 2.33 bits per heavy atom. The van der Waals surface area contributed by atoms with Gasteiger partial charge >= 0.3 is 0 Å². The highest BCUT2D eigenvalue weighted by Crippen LogP contribution is 2.25. The van der Waals surface area contributed by atoms with Crippen LogP contribution < -0.4 is 0 Å². The fourth-order valence-corrected chi connectivity index (χ4v) is 3.41. The number of hydrogen-bond donors (Lipinski definition) is 1. The maximum absolute atomic E-state index is 13.8. The molecule has 0 saturated carbocycles. The minimum Gasteiger partial charge on any atom is -0.344 e. The van der Waals surface area contributed by atoms with Gasteiger partial charge < -0.3 is 9.88 Å². The van der Waals surface area contributed by atoms with Crippen molar-refractivity contribution in [2.24, 2.45) is 0 Å². The predicted octanol–water partition coefficient (Wildman–Crippen LogP) is 2.51. The summed E-state index contributed by atoms with van der Waals surface area (Å²) in [7, 11) is 0. The largest absolute Gasteiger partial charge is 0.344 e. The normalized spacial score (nSPS) is 17.8. The molecule has 2 aromatic heterocycles.